The lowest BCUT2D eigenvalue weighted by molar-refractivity contribution is 0.195. The fourth-order valence-electron chi connectivity index (χ4n) is 6.18. The second kappa shape index (κ2) is 17.7. The van der Waals surface area contributed by atoms with Gasteiger partial charge in [0.15, 0.2) is 9.84 Å². The van der Waals surface area contributed by atoms with Gasteiger partial charge in [-0.05, 0) is 76.0 Å². The number of carbonyl (C=O) groups is 1. The quantitative estimate of drug-likeness (QED) is 0.102. The molecule has 302 valence electrons. The van der Waals surface area contributed by atoms with Crippen LogP contribution < -0.4 is 25.3 Å². The molecule has 5 aromatic carbocycles. The van der Waals surface area contributed by atoms with Gasteiger partial charge in [0.25, 0.3) is 0 Å². The number of para-hydroxylation sites is 1. The van der Waals surface area contributed by atoms with Crippen LogP contribution in [-0.2, 0) is 39.5 Å². The van der Waals surface area contributed by atoms with Crippen molar-refractivity contribution in [2.24, 2.45) is 0 Å². The number of methoxy groups -OCH3 is 3. The minimum Gasteiger partial charge on any atom is -0.497 e. The lowest BCUT2D eigenvalue weighted by Crippen LogP contribution is -2.33. The molecule has 1 heterocycles. The van der Waals surface area contributed by atoms with Crippen molar-refractivity contribution in [3.8, 4) is 39.8 Å². The molecule has 0 aliphatic rings. The molecular formula is C40H41N7O9S2. The van der Waals surface area contributed by atoms with Crippen LogP contribution >= 0.6 is 0 Å². The minimum absolute atomic E-state index is 0.127. The molecule has 16 nitrogen and oxygen atoms in total. The van der Waals surface area contributed by atoms with E-state index in [9.17, 15) is 18.3 Å². The molecule has 0 unspecified atom stereocenters. The maximum absolute atomic E-state index is 15.6. The average Bonchev–Trinajstić information content (AvgIpc) is 3.68. The maximum atomic E-state index is 15.6. The highest BCUT2D eigenvalue weighted by atomic mass is 32.2. The predicted molar refractivity (Wildman–Crippen MR) is 216 cm³/mol. The Labute approximate surface area is 335 Å². The van der Waals surface area contributed by atoms with Crippen LogP contribution in [0.5, 0.6) is 17.2 Å². The molecule has 0 bridgehead atoms. The number of sulfone groups is 1. The Hall–Kier alpha value is -6.50. The molecule has 6 rings (SSSR count). The number of aromatic nitrogens is 4. The van der Waals surface area contributed by atoms with Crippen LogP contribution in [0.15, 0.2) is 119 Å². The zero-order valence-electron chi connectivity index (χ0n) is 31.8. The summed E-state index contributed by atoms with van der Waals surface area (Å²) in [5, 5.41) is 24.4. The van der Waals surface area contributed by atoms with E-state index >= 15 is 8.42 Å². The van der Waals surface area contributed by atoms with Crippen LogP contribution in [0.1, 0.15) is 16.7 Å². The third kappa shape index (κ3) is 9.37. The Morgan fingerprint density at radius 2 is 1.28 bits per heavy atom. The molecule has 0 radical (unpaired) electrons. The van der Waals surface area contributed by atoms with Crippen LogP contribution in [0, 0.1) is 0 Å². The molecule has 0 saturated heterocycles. The second-order valence-corrected chi connectivity index (χ2v) is 16.9. The first kappa shape index (κ1) is 41.1. The molecule has 6 aromatic rings. The number of hydrogen-bond acceptors (Lipinski definition) is 12. The number of anilines is 1. The maximum Gasteiger partial charge on any atom is 0.404 e. The molecule has 18 heteroatoms. The van der Waals surface area contributed by atoms with Crippen LogP contribution in [0.25, 0.3) is 22.5 Å². The van der Waals surface area contributed by atoms with Crippen LogP contribution in [0.3, 0.4) is 0 Å². The zero-order chi connectivity index (χ0) is 41.5. The zero-order valence-corrected chi connectivity index (χ0v) is 33.4. The van der Waals surface area contributed by atoms with Gasteiger partial charge in [0.05, 0.1) is 44.1 Å². The Bertz CT molecular complexity index is 2550. The number of hydrogen-bond donors (Lipinski definition) is 3. The highest BCUT2D eigenvalue weighted by molar-refractivity contribution is 7.93. The highest BCUT2D eigenvalue weighted by Crippen LogP contribution is 2.43. The Kier molecular flexibility index (Phi) is 12.6. The number of nitrogen functional groups attached to an aromatic ring is 1. The topological polar surface area (TPSA) is 218 Å². The lowest BCUT2D eigenvalue weighted by Gasteiger charge is -2.26. The van der Waals surface area contributed by atoms with Crippen molar-refractivity contribution in [3.63, 3.8) is 0 Å². The van der Waals surface area contributed by atoms with E-state index in [0.717, 1.165) is 9.87 Å². The number of nitrogens with two attached hydrogens (primary N) is 1. The summed E-state index contributed by atoms with van der Waals surface area (Å²) in [7, 11) is -4.85. The Morgan fingerprint density at radius 1 is 0.741 bits per heavy atom. The molecular weight excluding hydrogens is 787 g/mol. The summed E-state index contributed by atoms with van der Waals surface area (Å²) < 4.78 is 77.0. The average molecular weight is 828 g/mol. The summed E-state index contributed by atoms with van der Waals surface area (Å²) in [4.78, 5) is 11.4. The van der Waals surface area contributed by atoms with Crippen molar-refractivity contribution in [3.05, 3.63) is 126 Å². The fraction of sp³-hybridized carbons (Fsp3) is 0.200. The van der Waals surface area contributed by atoms with Crippen LogP contribution in [0.2, 0.25) is 0 Å². The number of nitrogens with one attached hydrogen (secondary N) is 1. The number of amides is 1. The second-order valence-electron chi connectivity index (χ2n) is 12.9. The molecule has 1 aromatic heterocycles. The monoisotopic (exact) mass is 827 g/mol. The van der Waals surface area contributed by atoms with Crippen molar-refractivity contribution >= 4 is 31.6 Å². The van der Waals surface area contributed by atoms with Gasteiger partial charge in [-0.1, -0.05) is 60.7 Å². The van der Waals surface area contributed by atoms with Gasteiger partial charge < -0.3 is 30.4 Å². The lowest BCUT2D eigenvalue weighted by atomic mass is 9.97. The van der Waals surface area contributed by atoms with E-state index in [1.54, 1.807) is 92.0 Å². The van der Waals surface area contributed by atoms with Gasteiger partial charge >= 0.3 is 6.09 Å². The van der Waals surface area contributed by atoms with Crippen molar-refractivity contribution in [1.29, 1.82) is 0 Å². The number of tetrazole rings is 1. The van der Waals surface area contributed by atoms with Gasteiger partial charge in [-0.25, -0.2) is 21.6 Å². The van der Waals surface area contributed by atoms with Gasteiger partial charge in [-0.15, -0.1) is 10.2 Å². The summed E-state index contributed by atoms with van der Waals surface area (Å²) in [6.45, 7) is -0.792. The van der Waals surface area contributed by atoms with E-state index in [0.29, 0.717) is 33.9 Å². The SMILES string of the molecule is COc1ccc(CN(Cc2ccc(OC)cc2)S(=O)(=O)c2c(S(=O)(=O)CCNC(=O)O)ccc(-c3ccccc3N)c2-c2nnn(Cc3ccc(OC)cc3)n2)cc1. The third-order valence-corrected chi connectivity index (χ3v) is 12.9. The molecule has 0 fully saturated rings. The van der Waals surface area contributed by atoms with Gasteiger partial charge in [-0.2, -0.15) is 9.10 Å². The number of rotatable bonds is 17. The van der Waals surface area contributed by atoms with Gasteiger partial charge in [0.1, 0.15) is 22.1 Å². The molecule has 0 aliphatic carbocycles. The Morgan fingerprint density at radius 3 is 1.79 bits per heavy atom. The van der Waals surface area contributed by atoms with Crippen molar-refractivity contribution in [2.45, 2.75) is 29.4 Å². The summed E-state index contributed by atoms with van der Waals surface area (Å²) in [6, 6.07) is 30.1. The van der Waals surface area contributed by atoms with Crippen LogP contribution in [0.4, 0.5) is 10.5 Å². The van der Waals surface area contributed by atoms with Crippen LogP contribution in [-0.4, -0.2) is 86.2 Å². The smallest absolute Gasteiger partial charge is 0.404 e. The molecule has 4 N–H and O–H groups in total. The summed E-state index contributed by atoms with van der Waals surface area (Å²) >= 11 is 0. The van der Waals surface area contributed by atoms with Gasteiger partial charge in [0.2, 0.25) is 15.8 Å². The van der Waals surface area contributed by atoms with Crippen molar-refractivity contribution in [1.82, 2.24) is 29.8 Å². The summed E-state index contributed by atoms with van der Waals surface area (Å²) in [5.74, 6) is 0.788. The fourth-order valence-corrected chi connectivity index (χ4v) is 9.81. The first-order valence-corrected chi connectivity index (χ1v) is 20.8. The molecule has 58 heavy (non-hydrogen) atoms. The highest BCUT2D eigenvalue weighted by Gasteiger charge is 2.38. The van der Waals surface area contributed by atoms with Crippen molar-refractivity contribution in [2.75, 3.05) is 39.4 Å². The molecule has 1 amide bonds. The third-order valence-electron chi connectivity index (χ3n) is 9.15. The minimum atomic E-state index is -4.88. The molecule has 0 saturated carbocycles. The standard InChI is InChI=1S/C40H41N7O9S2/c1-54-30-14-8-27(9-15-30)24-46(25-28-10-16-31(55-2)17-11-28)58(52,53)38-36(57(50,51)23-22-42-40(48)49)21-20-34(33-6-4-5-7-35(33)41)37(38)39-43-45-47(44-39)26-29-12-18-32(56-3)19-13-29/h4-21,42H,22-26,41H2,1-3H3,(H,48,49). The first-order valence-electron chi connectivity index (χ1n) is 17.7. The van der Waals surface area contributed by atoms with E-state index < -0.39 is 48.0 Å². The largest absolute Gasteiger partial charge is 0.497 e. The molecule has 0 aliphatic heterocycles. The number of carboxylic acid groups (broad SMARTS) is 1. The number of sulfonamides is 1. The van der Waals surface area contributed by atoms with Gasteiger partial charge in [0, 0.05) is 30.9 Å². The first-order chi connectivity index (χ1) is 27.8. The normalized spacial score (nSPS) is 11.7. The Balaban J connectivity index is 1.61. The van der Waals surface area contributed by atoms with E-state index in [1.807, 2.05) is 12.1 Å². The number of ether oxygens (including phenoxy) is 3. The van der Waals surface area contributed by atoms with E-state index in [-0.39, 0.29) is 42.3 Å². The molecule has 0 spiro atoms. The number of nitrogens with zero attached hydrogens (tertiary/aromatic N) is 5. The number of benzene rings is 5. The van der Waals surface area contributed by atoms with Crippen molar-refractivity contribution < 1.29 is 40.9 Å². The van der Waals surface area contributed by atoms with Gasteiger partial charge in [-0.3, -0.25) is 0 Å². The van der Waals surface area contributed by atoms with E-state index in [4.69, 9.17) is 19.9 Å². The summed E-state index contributed by atoms with van der Waals surface area (Å²) in [6.07, 6.45) is -1.44. The van der Waals surface area contributed by atoms with E-state index in [2.05, 4.69) is 20.7 Å². The molecule has 0 atom stereocenters. The van der Waals surface area contributed by atoms with E-state index in [1.165, 1.54) is 31.1 Å². The summed E-state index contributed by atoms with van der Waals surface area (Å²) in [5.41, 5.74) is 9.11. The predicted octanol–water partition coefficient (Wildman–Crippen LogP) is 5.10.